The number of carbonyl (C=O) groups is 7. The highest BCUT2D eigenvalue weighted by Crippen LogP contribution is 2.04. The van der Waals surface area contributed by atoms with Crippen molar-refractivity contribution >= 4 is 51.5 Å². The van der Waals surface area contributed by atoms with Crippen LogP contribution in [0, 0.1) is 0 Å². The van der Waals surface area contributed by atoms with Gasteiger partial charge in [-0.15, -0.1) is 5.10 Å². The van der Waals surface area contributed by atoms with Gasteiger partial charge in [-0.3, -0.25) is 28.7 Å². The van der Waals surface area contributed by atoms with Crippen LogP contribution in [0.5, 0.6) is 0 Å². The monoisotopic (exact) mass is 779 g/mol. The molecule has 1 rings (SSSR count). The van der Waals surface area contributed by atoms with E-state index in [9.17, 15) is 52.2 Å². The van der Waals surface area contributed by atoms with E-state index in [-0.39, 0.29) is 71.4 Å². The Balaban J connectivity index is 2.17. The molecule has 0 aromatic carbocycles. The maximum atomic E-state index is 12.3. The van der Waals surface area contributed by atoms with Gasteiger partial charge in [0.05, 0.1) is 32.2 Å². The summed E-state index contributed by atoms with van der Waals surface area (Å²) < 4.78 is 41.6. The first-order valence-corrected chi connectivity index (χ1v) is 18.4. The van der Waals surface area contributed by atoms with Crippen LogP contribution in [0.25, 0.3) is 0 Å². The van der Waals surface area contributed by atoms with Crippen LogP contribution in [0.3, 0.4) is 0 Å². The van der Waals surface area contributed by atoms with Gasteiger partial charge in [-0.05, 0) is 43.0 Å². The quantitative estimate of drug-likeness (QED) is 0.0343. The van der Waals surface area contributed by atoms with E-state index in [4.69, 9.17) is 14.2 Å². The summed E-state index contributed by atoms with van der Waals surface area (Å²) in [5, 5.41) is 41.3. The third-order valence-corrected chi connectivity index (χ3v) is 8.19. The molecule has 53 heavy (non-hydrogen) atoms. The first-order valence-electron chi connectivity index (χ1n) is 16.8. The summed E-state index contributed by atoms with van der Waals surface area (Å²) in [5.74, 6) is -5.83. The SMILES string of the molecule is CCOCCNC(=O)CCC(NC(=O)CC[C@H](NC(=O)COCCOCCNC(=O)CCCS(=O)(=O)NC(=O)CCCc1nnn[nH]1)C(=O)O)C(=O)O. The number of rotatable bonds is 31. The van der Waals surface area contributed by atoms with Gasteiger partial charge in [0.15, 0.2) is 0 Å². The molecule has 5 amide bonds. The Morgan fingerprint density at radius 2 is 1.28 bits per heavy atom. The molecule has 1 aromatic heterocycles. The molecular weight excluding hydrogens is 730 g/mol. The molecule has 0 bridgehead atoms. The van der Waals surface area contributed by atoms with Crippen LogP contribution >= 0.6 is 0 Å². The predicted molar refractivity (Wildman–Crippen MR) is 180 cm³/mol. The largest absolute Gasteiger partial charge is 0.480 e. The normalized spacial score (nSPS) is 12.2. The first-order chi connectivity index (χ1) is 25.2. The smallest absolute Gasteiger partial charge is 0.326 e. The Labute approximate surface area is 305 Å². The summed E-state index contributed by atoms with van der Waals surface area (Å²) in [6.07, 6.45) is -0.597. The van der Waals surface area contributed by atoms with Gasteiger partial charge in [0, 0.05) is 51.8 Å². The fourth-order valence-corrected chi connectivity index (χ4v) is 5.27. The van der Waals surface area contributed by atoms with Crippen LogP contribution in [0.4, 0.5) is 0 Å². The molecule has 1 unspecified atom stereocenters. The highest BCUT2D eigenvalue weighted by Gasteiger charge is 2.24. The number of carboxylic acid groups (broad SMARTS) is 2. The highest BCUT2D eigenvalue weighted by atomic mass is 32.2. The standard InChI is InChI=1S/C29H49N9O14S/c1-2-50-14-12-31-24(40)10-8-20(28(44)45)32-25(41)11-9-21(29(46)47)33-27(43)19-52-17-16-51-15-13-30-23(39)7-4-18-53(48,49)36-26(42)6-3-5-22-34-37-38-35-22/h20-21H,2-19H2,1H3,(H,30,39)(H,31,40)(H,32,41)(H,33,43)(H,36,42)(H,44,45)(H,46,47)(H,34,35,37,38)/t20?,21-/m0/s1. The first kappa shape index (κ1) is 46.2. The van der Waals surface area contributed by atoms with Crippen LogP contribution in [-0.4, -0.2) is 151 Å². The summed E-state index contributed by atoms with van der Waals surface area (Å²) >= 11 is 0. The summed E-state index contributed by atoms with van der Waals surface area (Å²) in [6, 6.07) is -2.84. The Hall–Kier alpha value is -4.81. The summed E-state index contributed by atoms with van der Waals surface area (Å²) in [4.78, 5) is 83.2. The van der Waals surface area contributed by atoms with Crippen molar-refractivity contribution in [2.24, 2.45) is 0 Å². The number of sulfonamides is 1. The van der Waals surface area contributed by atoms with Gasteiger partial charge >= 0.3 is 11.9 Å². The number of carbonyl (C=O) groups excluding carboxylic acids is 5. The number of amides is 5. The Kier molecular flexibility index (Phi) is 23.4. The summed E-state index contributed by atoms with van der Waals surface area (Å²) in [6.45, 7) is 2.46. The molecule has 0 fully saturated rings. The zero-order valence-electron chi connectivity index (χ0n) is 29.4. The van der Waals surface area contributed by atoms with E-state index in [0.717, 1.165) is 0 Å². The number of hydrogen-bond acceptors (Lipinski definition) is 15. The number of carboxylic acids is 2. The van der Waals surface area contributed by atoms with E-state index < -0.39 is 82.4 Å². The molecular formula is C29H49N9O14S. The molecule has 0 aliphatic rings. The molecule has 0 saturated heterocycles. The zero-order valence-corrected chi connectivity index (χ0v) is 30.2. The molecule has 300 valence electrons. The molecule has 0 aliphatic carbocycles. The predicted octanol–water partition coefficient (Wildman–Crippen LogP) is -3.25. The number of aryl methyl sites for hydroxylation is 1. The average Bonchev–Trinajstić information content (AvgIpc) is 3.61. The van der Waals surface area contributed by atoms with Gasteiger partial charge in [0.1, 0.15) is 24.5 Å². The highest BCUT2D eigenvalue weighted by molar-refractivity contribution is 7.90. The Bertz CT molecular complexity index is 1410. The lowest BCUT2D eigenvalue weighted by atomic mass is 10.1. The molecule has 2 atom stereocenters. The van der Waals surface area contributed by atoms with Crippen molar-refractivity contribution in [2.45, 2.75) is 76.8 Å². The van der Waals surface area contributed by atoms with Crippen LogP contribution < -0.4 is 26.0 Å². The second kappa shape index (κ2) is 26.9. The molecule has 0 saturated carbocycles. The van der Waals surface area contributed by atoms with Crippen molar-refractivity contribution in [2.75, 3.05) is 58.5 Å². The van der Waals surface area contributed by atoms with E-state index in [1.807, 2.05) is 4.72 Å². The number of H-pyrrole nitrogens is 1. The Morgan fingerprint density at radius 3 is 1.89 bits per heavy atom. The van der Waals surface area contributed by atoms with E-state index in [0.29, 0.717) is 31.9 Å². The summed E-state index contributed by atoms with van der Waals surface area (Å²) in [7, 11) is -3.91. The van der Waals surface area contributed by atoms with Crippen LogP contribution in [0.1, 0.15) is 64.1 Å². The van der Waals surface area contributed by atoms with Gasteiger partial charge < -0.3 is 45.7 Å². The van der Waals surface area contributed by atoms with Gasteiger partial charge in [-0.25, -0.2) is 23.1 Å². The molecule has 8 N–H and O–H groups in total. The lowest BCUT2D eigenvalue weighted by Gasteiger charge is -2.17. The third kappa shape index (κ3) is 24.1. The molecule has 0 aliphatic heterocycles. The minimum absolute atomic E-state index is 0.0201. The van der Waals surface area contributed by atoms with Crippen molar-refractivity contribution in [3.05, 3.63) is 5.82 Å². The van der Waals surface area contributed by atoms with Crippen molar-refractivity contribution in [3.8, 4) is 0 Å². The third-order valence-electron chi connectivity index (χ3n) is 6.83. The minimum atomic E-state index is -3.91. The number of nitrogens with zero attached hydrogens (tertiary/aromatic N) is 3. The number of aliphatic carboxylic acids is 2. The van der Waals surface area contributed by atoms with Crippen molar-refractivity contribution in [1.82, 2.24) is 46.6 Å². The number of hydrogen-bond donors (Lipinski definition) is 8. The second-order valence-corrected chi connectivity index (χ2v) is 13.0. The fraction of sp³-hybridized carbons (Fsp3) is 0.724. The van der Waals surface area contributed by atoms with Crippen LogP contribution in [0.15, 0.2) is 0 Å². The number of aromatic amines is 1. The number of nitrogens with one attached hydrogen (secondary N) is 6. The molecule has 24 heteroatoms. The van der Waals surface area contributed by atoms with E-state index in [1.165, 1.54) is 0 Å². The van der Waals surface area contributed by atoms with E-state index in [1.54, 1.807) is 6.92 Å². The molecule has 0 spiro atoms. The second-order valence-electron chi connectivity index (χ2n) is 11.2. The average molecular weight is 780 g/mol. The topological polar surface area (TPSA) is 336 Å². The van der Waals surface area contributed by atoms with Crippen molar-refractivity contribution < 1.29 is 66.4 Å². The lowest BCUT2D eigenvalue weighted by molar-refractivity contribution is -0.144. The molecule has 23 nitrogen and oxygen atoms in total. The zero-order chi connectivity index (χ0) is 39.5. The van der Waals surface area contributed by atoms with Crippen LogP contribution in [0.2, 0.25) is 0 Å². The molecule has 1 heterocycles. The van der Waals surface area contributed by atoms with Crippen molar-refractivity contribution in [3.63, 3.8) is 0 Å². The number of aromatic nitrogens is 4. The maximum absolute atomic E-state index is 12.3. The lowest BCUT2D eigenvalue weighted by Crippen LogP contribution is -2.45. The van der Waals surface area contributed by atoms with E-state index in [2.05, 4.69) is 41.9 Å². The molecule has 0 radical (unpaired) electrons. The fourth-order valence-electron chi connectivity index (χ4n) is 4.20. The Morgan fingerprint density at radius 1 is 0.717 bits per heavy atom. The minimum Gasteiger partial charge on any atom is -0.480 e. The van der Waals surface area contributed by atoms with Gasteiger partial charge in [0.25, 0.3) is 0 Å². The van der Waals surface area contributed by atoms with Gasteiger partial charge in [-0.1, -0.05) is 0 Å². The maximum Gasteiger partial charge on any atom is 0.326 e. The van der Waals surface area contributed by atoms with E-state index >= 15 is 0 Å². The van der Waals surface area contributed by atoms with Crippen molar-refractivity contribution in [1.29, 1.82) is 0 Å². The summed E-state index contributed by atoms with van der Waals surface area (Å²) in [5.41, 5.74) is 0. The van der Waals surface area contributed by atoms with Gasteiger partial charge in [-0.2, -0.15) is 0 Å². The number of ether oxygens (including phenoxy) is 3. The van der Waals surface area contributed by atoms with Gasteiger partial charge in [0.2, 0.25) is 39.6 Å². The number of tetrazole rings is 1. The molecule has 1 aromatic rings. The van der Waals surface area contributed by atoms with Crippen LogP contribution in [-0.2, 0) is 64.2 Å².